The molecule has 1 aromatic carbocycles. The lowest BCUT2D eigenvalue weighted by atomic mass is 10.3. The van der Waals surface area contributed by atoms with Crippen LogP contribution in [-0.2, 0) is 13.1 Å². The maximum atomic E-state index is 13.3. The monoisotopic (exact) mass is 237 g/mol. The highest BCUT2D eigenvalue weighted by molar-refractivity contribution is 5.44. The van der Waals surface area contributed by atoms with Gasteiger partial charge in [0.2, 0.25) is 0 Å². The van der Waals surface area contributed by atoms with Crippen LogP contribution in [0.3, 0.4) is 0 Å². The summed E-state index contributed by atoms with van der Waals surface area (Å²) in [5, 5.41) is 7.02. The number of halogens is 2. The number of aromatic nitrogens is 2. The summed E-state index contributed by atoms with van der Waals surface area (Å²) in [6.07, 6.45) is 1.70. The van der Waals surface area contributed by atoms with Crippen molar-refractivity contribution in [3.8, 4) is 0 Å². The number of nitrogens with one attached hydrogen (secondary N) is 1. The maximum Gasteiger partial charge on any atom is 0.149 e. The van der Waals surface area contributed by atoms with Crippen molar-refractivity contribution in [2.24, 2.45) is 0 Å². The molecule has 0 aliphatic rings. The van der Waals surface area contributed by atoms with Gasteiger partial charge >= 0.3 is 0 Å². The van der Waals surface area contributed by atoms with Gasteiger partial charge < -0.3 is 5.32 Å². The number of rotatable bonds is 4. The molecule has 0 aliphatic heterocycles. The van der Waals surface area contributed by atoms with Gasteiger partial charge in [-0.05, 0) is 25.1 Å². The van der Waals surface area contributed by atoms with E-state index < -0.39 is 11.6 Å². The van der Waals surface area contributed by atoms with Crippen molar-refractivity contribution in [3.05, 3.63) is 47.8 Å². The molecule has 17 heavy (non-hydrogen) atoms. The summed E-state index contributed by atoms with van der Waals surface area (Å²) >= 11 is 0. The molecule has 3 nitrogen and oxygen atoms in total. The van der Waals surface area contributed by atoms with Gasteiger partial charge in [-0.1, -0.05) is 0 Å². The fourth-order valence-corrected chi connectivity index (χ4v) is 1.61. The first-order valence-corrected chi connectivity index (χ1v) is 5.40. The minimum Gasteiger partial charge on any atom is -0.377 e. The van der Waals surface area contributed by atoms with Gasteiger partial charge in [-0.2, -0.15) is 5.10 Å². The topological polar surface area (TPSA) is 29.9 Å². The standard InChI is InChI=1S/C12H13F2N3/c1-2-17-10(5-6-16-17)8-15-12-4-3-9(13)7-11(12)14/h3-7,15H,2,8H2,1H3. The highest BCUT2D eigenvalue weighted by atomic mass is 19.1. The smallest absolute Gasteiger partial charge is 0.149 e. The van der Waals surface area contributed by atoms with Crippen LogP contribution in [0, 0.1) is 11.6 Å². The molecule has 1 heterocycles. The van der Waals surface area contributed by atoms with Gasteiger partial charge in [-0.25, -0.2) is 8.78 Å². The van der Waals surface area contributed by atoms with E-state index in [2.05, 4.69) is 10.4 Å². The second-order valence-corrected chi connectivity index (χ2v) is 3.62. The molecule has 0 amide bonds. The lowest BCUT2D eigenvalue weighted by molar-refractivity contribution is 0.584. The predicted molar refractivity (Wildman–Crippen MR) is 61.6 cm³/mol. The lowest BCUT2D eigenvalue weighted by Gasteiger charge is -2.08. The quantitative estimate of drug-likeness (QED) is 0.886. The van der Waals surface area contributed by atoms with Crippen molar-refractivity contribution in [2.75, 3.05) is 5.32 Å². The Hall–Kier alpha value is -1.91. The van der Waals surface area contributed by atoms with Crippen LogP contribution in [0.25, 0.3) is 0 Å². The molecule has 1 aromatic heterocycles. The summed E-state index contributed by atoms with van der Waals surface area (Å²) in [7, 11) is 0. The van der Waals surface area contributed by atoms with E-state index in [1.807, 2.05) is 17.7 Å². The van der Waals surface area contributed by atoms with Crippen LogP contribution in [0.2, 0.25) is 0 Å². The predicted octanol–water partition coefficient (Wildman–Crippen LogP) is 2.79. The van der Waals surface area contributed by atoms with Crippen molar-refractivity contribution in [1.82, 2.24) is 9.78 Å². The summed E-state index contributed by atoms with van der Waals surface area (Å²) in [6, 6.07) is 5.33. The molecule has 0 spiro atoms. The number of hydrogen-bond acceptors (Lipinski definition) is 2. The van der Waals surface area contributed by atoms with Crippen LogP contribution >= 0.6 is 0 Å². The van der Waals surface area contributed by atoms with Crippen molar-refractivity contribution in [3.63, 3.8) is 0 Å². The largest absolute Gasteiger partial charge is 0.377 e. The Balaban J connectivity index is 2.07. The van der Waals surface area contributed by atoms with Gasteiger partial charge in [-0.15, -0.1) is 0 Å². The molecule has 0 radical (unpaired) electrons. The van der Waals surface area contributed by atoms with Crippen LogP contribution in [0.5, 0.6) is 0 Å². The lowest BCUT2D eigenvalue weighted by Crippen LogP contribution is -2.08. The van der Waals surface area contributed by atoms with Gasteiger partial charge in [0.1, 0.15) is 11.6 Å². The minimum absolute atomic E-state index is 0.287. The Labute approximate surface area is 98.1 Å². The van der Waals surface area contributed by atoms with Gasteiger partial charge in [0.15, 0.2) is 0 Å². The molecule has 0 saturated heterocycles. The Morgan fingerprint density at radius 2 is 2.12 bits per heavy atom. The fourth-order valence-electron chi connectivity index (χ4n) is 1.61. The normalized spacial score (nSPS) is 10.5. The Morgan fingerprint density at radius 1 is 1.29 bits per heavy atom. The van der Waals surface area contributed by atoms with E-state index in [-0.39, 0.29) is 5.69 Å². The second-order valence-electron chi connectivity index (χ2n) is 3.62. The van der Waals surface area contributed by atoms with E-state index in [0.29, 0.717) is 6.54 Å². The highest BCUT2D eigenvalue weighted by Crippen LogP contribution is 2.15. The summed E-state index contributed by atoms with van der Waals surface area (Å²) in [5.74, 6) is -1.17. The molecule has 0 atom stereocenters. The molecule has 90 valence electrons. The van der Waals surface area contributed by atoms with Crippen LogP contribution in [0.15, 0.2) is 30.5 Å². The summed E-state index contributed by atoms with van der Waals surface area (Å²) in [6.45, 7) is 3.20. The maximum absolute atomic E-state index is 13.3. The number of hydrogen-bond donors (Lipinski definition) is 1. The van der Waals surface area contributed by atoms with Crippen molar-refractivity contribution in [1.29, 1.82) is 0 Å². The molecular formula is C12H13F2N3. The third-order valence-corrected chi connectivity index (χ3v) is 2.50. The molecular weight excluding hydrogens is 224 g/mol. The molecule has 0 aliphatic carbocycles. The first-order valence-electron chi connectivity index (χ1n) is 5.40. The zero-order valence-electron chi connectivity index (χ0n) is 9.45. The van der Waals surface area contributed by atoms with Crippen LogP contribution in [0.4, 0.5) is 14.5 Å². The average Bonchev–Trinajstić information content (AvgIpc) is 2.75. The first-order chi connectivity index (χ1) is 8.20. The summed E-state index contributed by atoms with van der Waals surface area (Å²) in [4.78, 5) is 0. The number of aryl methyl sites for hydroxylation is 1. The van der Waals surface area contributed by atoms with Gasteiger partial charge in [0.05, 0.1) is 17.9 Å². The van der Waals surface area contributed by atoms with Crippen LogP contribution in [0.1, 0.15) is 12.6 Å². The van der Waals surface area contributed by atoms with Crippen molar-refractivity contribution >= 4 is 5.69 Å². The molecule has 1 N–H and O–H groups in total. The minimum atomic E-state index is -0.590. The van der Waals surface area contributed by atoms with Crippen molar-refractivity contribution in [2.45, 2.75) is 20.0 Å². The van der Waals surface area contributed by atoms with Crippen LogP contribution < -0.4 is 5.32 Å². The third kappa shape index (κ3) is 2.61. The zero-order valence-corrected chi connectivity index (χ0v) is 9.45. The van der Waals surface area contributed by atoms with Gasteiger partial charge in [0, 0.05) is 18.8 Å². The number of benzene rings is 1. The zero-order chi connectivity index (χ0) is 12.3. The Bertz CT molecular complexity index is 508. The van der Waals surface area contributed by atoms with Gasteiger partial charge in [0.25, 0.3) is 0 Å². The van der Waals surface area contributed by atoms with E-state index in [1.165, 1.54) is 12.1 Å². The van der Waals surface area contributed by atoms with E-state index in [9.17, 15) is 8.78 Å². The Kier molecular flexibility index (Phi) is 3.37. The molecule has 0 saturated carbocycles. The molecule has 0 bridgehead atoms. The average molecular weight is 237 g/mol. The Morgan fingerprint density at radius 3 is 2.82 bits per heavy atom. The fraction of sp³-hybridized carbons (Fsp3) is 0.250. The van der Waals surface area contributed by atoms with E-state index in [0.717, 1.165) is 18.3 Å². The summed E-state index contributed by atoms with van der Waals surface area (Å²) in [5.41, 5.74) is 1.24. The van der Waals surface area contributed by atoms with E-state index in [1.54, 1.807) is 6.20 Å². The summed E-state index contributed by atoms with van der Waals surface area (Å²) < 4.78 is 27.8. The molecule has 2 rings (SSSR count). The van der Waals surface area contributed by atoms with Crippen molar-refractivity contribution < 1.29 is 8.78 Å². The number of anilines is 1. The van der Waals surface area contributed by atoms with Gasteiger partial charge in [-0.3, -0.25) is 4.68 Å². The third-order valence-electron chi connectivity index (χ3n) is 2.50. The first kappa shape index (κ1) is 11.6. The van der Waals surface area contributed by atoms with E-state index in [4.69, 9.17) is 0 Å². The number of nitrogens with zero attached hydrogens (tertiary/aromatic N) is 2. The SMILES string of the molecule is CCn1nccc1CNc1ccc(F)cc1F. The highest BCUT2D eigenvalue weighted by Gasteiger charge is 2.05. The molecule has 0 fully saturated rings. The van der Waals surface area contributed by atoms with Crippen LogP contribution in [-0.4, -0.2) is 9.78 Å². The second kappa shape index (κ2) is 4.95. The molecule has 2 aromatic rings. The molecule has 5 heteroatoms. The molecule has 0 unspecified atom stereocenters. The van der Waals surface area contributed by atoms with E-state index >= 15 is 0 Å².